The number of nitrogens with one attached hydrogen (secondary N) is 2. The lowest BCUT2D eigenvalue weighted by molar-refractivity contribution is 0.117. The molecule has 0 radical (unpaired) electrons. The lowest BCUT2D eigenvalue weighted by Crippen LogP contribution is -2.22. The van der Waals surface area contributed by atoms with Crippen molar-refractivity contribution in [2.75, 3.05) is 11.9 Å². The smallest absolute Gasteiger partial charge is 0.327 e. The Hall–Kier alpha value is -4.00. The Morgan fingerprint density at radius 2 is 1.81 bits per heavy atom. The SMILES string of the molecule is O=c1[nH]c(NCCC(c2ccccc2)c2ccccc2)c(C2CCC=CO2)n1CCCn1ccnc1. The Morgan fingerprint density at radius 1 is 1.06 bits per heavy atom. The van der Waals surface area contributed by atoms with Gasteiger partial charge in [0, 0.05) is 37.9 Å². The van der Waals surface area contributed by atoms with Crippen molar-refractivity contribution in [3.63, 3.8) is 0 Å². The molecule has 7 nitrogen and oxygen atoms in total. The summed E-state index contributed by atoms with van der Waals surface area (Å²) in [5.41, 5.74) is 3.39. The molecule has 0 saturated carbocycles. The fraction of sp³-hybridized carbons (Fsp3) is 0.310. The second-order valence-corrected chi connectivity index (χ2v) is 9.16. The highest BCUT2D eigenvalue weighted by atomic mass is 16.5. The van der Waals surface area contributed by atoms with E-state index in [1.165, 1.54) is 11.1 Å². The Morgan fingerprint density at radius 3 is 2.44 bits per heavy atom. The molecule has 1 atom stereocenters. The number of hydrogen-bond acceptors (Lipinski definition) is 4. The predicted octanol–water partition coefficient (Wildman–Crippen LogP) is 5.46. The molecule has 2 aromatic carbocycles. The lowest BCUT2D eigenvalue weighted by Gasteiger charge is -2.23. The summed E-state index contributed by atoms with van der Waals surface area (Å²) in [7, 11) is 0. The van der Waals surface area contributed by atoms with E-state index in [9.17, 15) is 4.79 Å². The Labute approximate surface area is 211 Å². The molecule has 1 unspecified atom stereocenters. The van der Waals surface area contributed by atoms with Crippen LogP contribution in [0.1, 0.15) is 54.5 Å². The van der Waals surface area contributed by atoms with E-state index >= 15 is 0 Å². The molecule has 3 heterocycles. The van der Waals surface area contributed by atoms with Crippen LogP contribution in [0.2, 0.25) is 0 Å². The van der Waals surface area contributed by atoms with Crippen LogP contribution in [0.25, 0.3) is 0 Å². The summed E-state index contributed by atoms with van der Waals surface area (Å²) in [6, 6.07) is 21.2. The van der Waals surface area contributed by atoms with Crippen molar-refractivity contribution < 1.29 is 4.74 Å². The van der Waals surface area contributed by atoms with Crippen LogP contribution in [-0.4, -0.2) is 25.6 Å². The zero-order valence-electron chi connectivity index (χ0n) is 20.4. The van der Waals surface area contributed by atoms with Gasteiger partial charge in [-0.3, -0.25) is 9.55 Å². The van der Waals surface area contributed by atoms with Gasteiger partial charge in [0.15, 0.2) is 0 Å². The maximum Gasteiger partial charge on any atom is 0.327 e. The first kappa shape index (κ1) is 23.7. The minimum absolute atomic E-state index is 0.0982. The lowest BCUT2D eigenvalue weighted by atomic mass is 9.88. The van der Waals surface area contributed by atoms with Gasteiger partial charge in [-0.15, -0.1) is 0 Å². The molecule has 1 aliphatic rings. The summed E-state index contributed by atoms with van der Waals surface area (Å²) in [4.78, 5) is 20.2. The number of aromatic nitrogens is 4. The van der Waals surface area contributed by atoms with Crippen LogP contribution >= 0.6 is 0 Å². The van der Waals surface area contributed by atoms with E-state index in [1.54, 1.807) is 18.8 Å². The van der Waals surface area contributed by atoms with Gasteiger partial charge in [-0.2, -0.15) is 0 Å². The molecule has 2 aromatic heterocycles. The fourth-order valence-corrected chi connectivity index (χ4v) is 4.98. The second kappa shape index (κ2) is 11.6. The van der Waals surface area contributed by atoms with Crippen molar-refractivity contribution in [1.82, 2.24) is 19.1 Å². The van der Waals surface area contributed by atoms with Crippen LogP contribution in [0, 0.1) is 0 Å². The monoisotopic (exact) mass is 483 g/mol. The van der Waals surface area contributed by atoms with Gasteiger partial charge in [0.2, 0.25) is 0 Å². The number of nitrogens with zero attached hydrogens (tertiary/aromatic N) is 3. The molecule has 0 amide bonds. The molecule has 36 heavy (non-hydrogen) atoms. The van der Waals surface area contributed by atoms with Crippen molar-refractivity contribution in [2.24, 2.45) is 0 Å². The largest absolute Gasteiger partial charge is 0.492 e. The Bertz CT molecular complexity index is 1250. The molecule has 1 aliphatic heterocycles. The highest BCUT2D eigenvalue weighted by molar-refractivity contribution is 5.43. The maximum atomic E-state index is 13.0. The minimum Gasteiger partial charge on any atom is -0.492 e. The predicted molar refractivity (Wildman–Crippen MR) is 142 cm³/mol. The summed E-state index contributed by atoms with van der Waals surface area (Å²) < 4.78 is 9.84. The zero-order chi connectivity index (χ0) is 24.6. The van der Waals surface area contributed by atoms with E-state index in [4.69, 9.17) is 4.74 Å². The number of imidazole rings is 2. The van der Waals surface area contributed by atoms with Gasteiger partial charge in [-0.1, -0.05) is 60.7 Å². The van der Waals surface area contributed by atoms with Gasteiger partial charge in [0.05, 0.1) is 12.6 Å². The number of H-pyrrole nitrogens is 1. The van der Waals surface area contributed by atoms with Gasteiger partial charge < -0.3 is 14.6 Å². The number of allylic oxidation sites excluding steroid dienone is 1. The summed E-state index contributed by atoms with van der Waals surface area (Å²) in [5, 5.41) is 3.55. The first-order valence-corrected chi connectivity index (χ1v) is 12.7. The molecule has 0 fully saturated rings. The van der Waals surface area contributed by atoms with Gasteiger partial charge in [-0.05, 0) is 42.9 Å². The zero-order valence-corrected chi connectivity index (χ0v) is 20.4. The third kappa shape index (κ3) is 5.62. The summed E-state index contributed by atoms with van der Waals surface area (Å²) in [6.07, 6.45) is 12.7. The van der Waals surface area contributed by atoms with Crippen molar-refractivity contribution >= 4 is 5.82 Å². The van der Waals surface area contributed by atoms with E-state index in [2.05, 4.69) is 75.9 Å². The van der Waals surface area contributed by atoms with Gasteiger partial charge in [0.25, 0.3) is 0 Å². The summed E-state index contributed by atoms with van der Waals surface area (Å²) in [6.45, 7) is 2.14. The van der Waals surface area contributed by atoms with Crippen LogP contribution in [0.15, 0.2) is 96.5 Å². The van der Waals surface area contributed by atoms with Gasteiger partial charge >= 0.3 is 5.69 Å². The van der Waals surface area contributed by atoms with E-state index in [0.717, 1.165) is 50.3 Å². The number of anilines is 1. The van der Waals surface area contributed by atoms with E-state index in [0.29, 0.717) is 6.54 Å². The standard InChI is InChI=1S/C29H33N5O2/c35-29-32-28(31-16-15-25(23-10-3-1-4-11-23)24-12-5-2-6-13-24)27(26-14-7-8-21-36-26)34(29)19-9-18-33-20-17-30-22-33/h1-6,8,10-13,17,20-22,25-26,31H,7,9,14-16,18-19H2,(H,32,35). The molecule has 7 heteroatoms. The van der Waals surface area contributed by atoms with Gasteiger partial charge in [0.1, 0.15) is 17.6 Å². The fourth-order valence-electron chi connectivity index (χ4n) is 4.98. The number of ether oxygens (including phenoxy) is 1. The molecule has 5 rings (SSSR count). The molecule has 0 spiro atoms. The average Bonchev–Trinajstić information content (AvgIpc) is 3.56. The summed E-state index contributed by atoms with van der Waals surface area (Å²) in [5.74, 6) is 1.03. The second-order valence-electron chi connectivity index (χ2n) is 9.16. The number of rotatable bonds is 11. The highest BCUT2D eigenvalue weighted by Gasteiger charge is 2.25. The Kier molecular flexibility index (Phi) is 7.66. The quantitative estimate of drug-likeness (QED) is 0.297. The molecular formula is C29H33N5O2. The molecule has 0 saturated heterocycles. The number of hydrogen-bond donors (Lipinski definition) is 2. The van der Waals surface area contributed by atoms with Crippen LogP contribution < -0.4 is 11.0 Å². The topological polar surface area (TPSA) is 76.9 Å². The molecule has 0 bridgehead atoms. The molecular weight excluding hydrogens is 450 g/mol. The summed E-state index contributed by atoms with van der Waals surface area (Å²) >= 11 is 0. The van der Waals surface area contributed by atoms with E-state index in [-0.39, 0.29) is 17.7 Å². The number of aryl methyl sites for hydroxylation is 1. The molecule has 2 N–H and O–H groups in total. The van der Waals surface area contributed by atoms with Crippen molar-refractivity contribution in [1.29, 1.82) is 0 Å². The van der Waals surface area contributed by atoms with Crippen LogP contribution in [0.4, 0.5) is 5.82 Å². The minimum atomic E-state index is -0.149. The third-order valence-corrected chi connectivity index (χ3v) is 6.76. The highest BCUT2D eigenvalue weighted by Crippen LogP contribution is 2.32. The van der Waals surface area contributed by atoms with Gasteiger partial charge in [-0.25, -0.2) is 9.78 Å². The number of aromatic amines is 1. The Balaban J connectivity index is 1.33. The first-order valence-electron chi connectivity index (χ1n) is 12.7. The van der Waals surface area contributed by atoms with Crippen molar-refractivity contribution in [3.8, 4) is 0 Å². The number of benzene rings is 2. The molecule has 0 aliphatic carbocycles. The average molecular weight is 484 g/mol. The van der Waals surface area contributed by atoms with Crippen LogP contribution in [-0.2, 0) is 17.8 Å². The van der Waals surface area contributed by atoms with Crippen LogP contribution in [0.5, 0.6) is 0 Å². The van der Waals surface area contributed by atoms with Crippen LogP contribution in [0.3, 0.4) is 0 Å². The molecule has 186 valence electrons. The third-order valence-electron chi connectivity index (χ3n) is 6.76. The van der Waals surface area contributed by atoms with E-state index < -0.39 is 0 Å². The first-order chi connectivity index (χ1) is 17.8. The normalized spacial score (nSPS) is 15.2. The van der Waals surface area contributed by atoms with Crippen molar-refractivity contribution in [2.45, 2.75) is 50.8 Å². The maximum absolute atomic E-state index is 13.0. The van der Waals surface area contributed by atoms with Crippen molar-refractivity contribution in [3.05, 3.63) is 119 Å². The van der Waals surface area contributed by atoms with E-state index in [1.807, 2.05) is 21.4 Å². The molecule has 4 aromatic rings.